The second-order valence-electron chi connectivity index (χ2n) is 12.0. The molecular formula is C33H39ClF3N7O2S2. The maximum atomic E-state index is 13.4. The Morgan fingerprint density at radius 1 is 1.08 bits per heavy atom. The smallest absolute Gasteiger partial charge is 0.421 e. The number of likely N-dealkylation sites (tertiary alicyclic amines) is 1. The van der Waals surface area contributed by atoms with Crippen LogP contribution in [0.1, 0.15) is 24.1 Å². The molecule has 2 atom stereocenters. The maximum Gasteiger partial charge on any atom is 0.421 e. The zero-order valence-electron chi connectivity index (χ0n) is 26.6. The summed E-state index contributed by atoms with van der Waals surface area (Å²) in [6, 6.07) is 11.6. The van der Waals surface area contributed by atoms with Gasteiger partial charge in [0, 0.05) is 48.9 Å². The number of anilines is 2. The molecule has 0 saturated carbocycles. The highest BCUT2D eigenvalue weighted by atomic mass is 35.5. The molecule has 48 heavy (non-hydrogen) atoms. The lowest BCUT2D eigenvalue weighted by Gasteiger charge is -2.41. The molecule has 258 valence electrons. The molecule has 0 radical (unpaired) electrons. The molecule has 1 aromatic heterocycles. The molecule has 0 unspecified atom stereocenters. The maximum absolute atomic E-state index is 13.4. The van der Waals surface area contributed by atoms with E-state index in [1.807, 2.05) is 35.2 Å². The number of amides is 1. The normalized spacial score (nSPS) is 19.6. The minimum Gasteiger partial charge on any atom is -0.462 e. The molecule has 0 N–H and O–H groups in total. The molecule has 3 aromatic rings. The summed E-state index contributed by atoms with van der Waals surface area (Å²) in [5.41, 5.74) is 1.28. The second-order valence-corrected chi connectivity index (χ2v) is 12.5. The predicted molar refractivity (Wildman–Crippen MR) is 192 cm³/mol. The number of alkyl halides is 3. The molecule has 0 spiro atoms. The molecule has 0 bridgehead atoms. The number of nitrogens with zero attached hydrogens (tertiary/aromatic N) is 7. The van der Waals surface area contributed by atoms with Gasteiger partial charge in [-0.25, -0.2) is 6.57 Å². The summed E-state index contributed by atoms with van der Waals surface area (Å²) in [4.78, 5) is 33.5. The average Bonchev–Trinajstić information content (AvgIpc) is 3.46. The molecule has 1 amide bonds. The third-order valence-corrected chi connectivity index (χ3v) is 9.53. The second kappa shape index (κ2) is 15.4. The number of halogens is 4. The minimum atomic E-state index is -4.84. The van der Waals surface area contributed by atoms with Gasteiger partial charge in [-0.3, -0.25) is 4.79 Å². The first-order chi connectivity index (χ1) is 22.0. The number of piperazine rings is 1. The van der Waals surface area contributed by atoms with Gasteiger partial charge >= 0.3 is 12.2 Å². The molecule has 15 heteroatoms. The van der Waals surface area contributed by atoms with Gasteiger partial charge in [-0.05, 0) is 50.4 Å². The summed E-state index contributed by atoms with van der Waals surface area (Å²) in [6.45, 7) is 13.2. The molecule has 2 saturated heterocycles. The summed E-state index contributed by atoms with van der Waals surface area (Å²) in [6.07, 6.45) is -2.13. The van der Waals surface area contributed by atoms with Crippen molar-refractivity contribution in [1.82, 2.24) is 19.8 Å². The first-order valence-corrected chi connectivity index (χ1v) is 15.7. The fourth-order valence-corrected chi connectivity index (χ4v) is 6.97. The fraction of sp³-hybridized carbons (Fsp3) is 0.455. The number of rotatable bonds is 7. The quantitative estimate of drug-likeness (QED) is 0.233. The highest BCUT2D eigenvalue weighted by molar-refractivity contribution is 7.59. The first kappa shape index (κ1) is 37.4. The Labute approximate surface area is 297 Å². The number of aromatic nitrogens is 2. The number of benzene rings is 2. The van der Waals surface area contributed by atoms with Crippen LogP contribution in [-0.2, 0) is 17.8 Å². The van der Waals surface area contributed by atoms with Crippen LogP contribution in [-0.4, -0.2) is 96.9 Å². The lowest BCUT2D eigenvalue weighted by molar-refractivity contribution is -0.141. The van der Waals surface area contributed by atoms with Gasteiger partial charge in [-0.15, -0.1) is 0 Å². The number of fused-ring (bicyclic) bond motifs is 2. The van der Waals surface area contributed by atoms with Crippen molar-refractivity contribution in [3.63, 3.8) is 0 Å². The summed E-state index contributed by atoms with van der Waals surface area (Å²) in [5, 5.41) is 2.67. The molecule has 9 nitrogen and oxygen atoms in total. The van der Waals surface area contributed by atoms with Crippen LogP contribution in [0.15, 0.2) is 48.6 Å². The van der Waals surface area contributed by atoms with Gasteiger partial charge in [-0.2, -0.15) is 50.1 Å². The molecule has 3 aliphatic heterocycles. The number of ether oxygens (including phenoxy) is 1. The van der Waals surface area contributed by atoms with Crippen molar-refractivity contribution < 1.29 is 22.7 Å². The summed E-state index contributed by atoms with van der Waals surface area (Å²) >= 11 is 6.67. The average molecular weight is 722 g/mol. The van der Waals surface area contributed by atoms with Crippen LogP contribution in [0.25, 0.3) is 15.6 Å². The topological polar surface area (TPSA) is 69.4 Å². The number of hydrogen-bond acceptors (Lipinski definition) is 7. The van der Waals surface area contributed by atoms with Crippen LogP contribution in [0.2, 0.25) is 5.02 Å². The number of carbonyl (C=O) groups excluding carboxylic acids is 1. The van der Waals surface area contributed by atoms with Crippen molar-refractivity contribution in [3.05, 3.63) is 76.2 Å². The van der Waals surface area contributed by atoms with E-state index in [1.165, 1.54) is 0 Å². The van der Waals surface area contributed by atoms with Crippen molar-refractivity contribution >= 4 is 66.8 Å². The minimum absolute atomic E-state index is 0. The van der Waals surface area contributed by atoms with Crippen LogP contribution in [0.3, 0.4) is 0 Å². The van der Waals surface area contributed by atoms with Crippen LogP contribution < -0.4 is 14.5 Å². The van der Waals surface area contributed by atoms with E-state index in [0.717, 1.165) is 52.0 Å². The van der Waals surface area contributed by atoms with Gasteiger partial charge in [0.05, 0.1) is 17.3 Å². The molecule has 4 heterocycles. The van der Waals surface area contributed by atoms with Crippen LogP contribution in [0, 0.1) is 6.57 Å². The number of carbonyl (C=O) groups is 1. The molecule has 3 aliphatic rings. The van der Waals surface area contributed by atoms with Crippen LogP contribution in [0.4, 0.5) is 24.7 Å². The molecule has 6 rings (SSSR count). The van der Waals surface area contributed by atoms with Crippen molar-refractivity contribution in [2.45, 2.75) is 44.1 Å². The Morgan fingerprint density at radius 3 is 2.52 bits per heavy atom. The summed E-state index contributed by atoms with van der Waals surface area (Å²) < 4.78 is 46.3. The molecule has 2 aromatic carbocycles. The lowest BCUT2D eigenvalue weighted by atomic mass is 10.0. The van der Waals surface area contributed by atoms with Gasteiger partial charge in [-0.1, -0.05) is 42.4 Å². The van der Waals surface area contributed by atoms with Crippen molar-refractivity contribution in [3.8, 4) is 6.01 Å². The fourth-order valence-electron chi connectivity index (χ4n) is 6.69. The molecular weight excluding hydrogens is 683 g/mol. The SMILES string of the molecule is S.S.[C-]#[N+]C[C@H]1CN(c2nc(OC[C@@H]3CCCN3C)nc3c2CCN(c2cccc4cccc(Cl)c24)C3)CCN1C(=O)C(=C)C(F)(F)F. The summed E-state index contributed by atoms with van der Waals surface area (Å²) in [5.74, 6) is -0.563. The van der Waals surface area contributed by atoms with E-state index in [0.29, 0.717) is 37.0 Å². The van der Waals surface area contributed by atoms with E-state index in [-0.39, 0.29) is 65.2 Å². The Balaban J connectivity index is 0.00000260. The number of likely N-dealkylation sites (N-methyl/N-ethyl adjacent to an activating group) is 1. The Morgan fingerprint density at radius 2 is 1.83 bits per heavy atom. The number of hydrogen-bond donors (Lipinski definition) is 0. The van der Waals surface area contributed by atoms with Crippen molar-refractivity contribution in [2.24, 2.45) is 0 Å². The lowest BCUT2D eigenvalue weighted by Crippen LogP contribution is -2.57. The van der Waals surface area contributed by atoms with Gasteiger partial charge in [0.25, 0.3) is 5.91 Å². The Hall–Kier alpha value is -3.38. The first-order valence-electron chi connectivity index (χ1n) is 15.4. The van der Waals surface area contributed by atoms with E-state index in [1.54, 1.807) is 0 Å². The Kier molecular flexibility index (Phi) is 12.0. The standard InChI is InChI=1S/C33H35ClF3N7O2.2H2S/c1-21(33(35,36)37)31(45)44-16-15-43(18-24(44)17-38-2)30-25-12-14-42(28-11-5-8-22-7-4-10-26(34)29(22)28)19-27(25)39-32(40-30)46-20-23-9-6-13-41(23)3;;/h4-5,7-8,10-11,23-24H,1,6,9,12-20H2,3H3;2*1H2/t23-,24-;;/m0../s1. The largest absolute Gasteiger partial charge is 0.462 e. The Bertz CT molecular complexity index is 1700. The third-order valence-electron chi connectivity index (χ3n) is 9.22. The molecule has 2 fully saturated rings. The molecule has 0 aliphatic carbocycles. The monoisotopic (exact) mass is 721 g/mol. The van der Waals surface area contributed by atoms with Gasteiger partial charge in [0.15, 0.2) is 0 Å². The summed E-state index contributed by atoms with van der Waals surface area (Å²) in [7, 11) is 2.07. The van der Waals surface area contributed by atoms with Crippen LogP contribution in [0.5, 0.6) is 6.01 Å². The van der Waals surface area contributed by atoms with E-state index in [9.17, 15) is 18.0 Å². The van der Waals surface area contributed by atoms with Gasteiger partial charge in [0.2, 0.25) is 6.54 Å². The van der Waals surface area contributed by atoms with Gasteiger partial charge in [0.1, 0.15) is 24.0 Å². The third kappa shape index (κ3) is 7.59. The van der Waals surface area contributed by atoms with Crippen molar-refractivity contribution in [2.75, 3.05) is 62.7 Å². The highest BCUT2D eigenvalue weighted by Crippen LogP contribution is 2.37. The van der Waals surface area contributed by atoms with Crippen LogP contribution >= 0.6 is 38.6 Å². The zero-order chi connectivity index (χ0) is 32.6. The predicted octanol–water partition coefficient (Wildman–Crippen LogP) is 5.60. The van der Waals surface area contributed by atoms with E-state index < -0.39 is 23.7 Å². The highest BCUT2D eigenvalue weighted by Gasteiger charge is 2.43. The van der Waals surface area contributed by atoms with E-state index >= 15 is 0 Å². The van der Waals surface area contributed by atoms with E-state index in [2.05, 4.69) is 34.3 Å². The van der Waals surface area contributed by atoms with Crippen molar-refractivity contribution in [1.29, 1.82) is 0 Å². The van der Waals surface area contributed by atoms with E-state index in [4.69, 9.17) is 32.9 Å². The van der Waals surface area contributed by atoms with Gasteiger partial charge < -0.3 is 29.2 Å². The zero-order valence-corrected chi connectivity index (χ0v) is 29.3.